The van der Waals surface area contributed by atoms with Gasteiger partial charge in [-0.25, -0.2) is 22.7 Å². The minimum absolute atomic E-state index is 0.0961. The molecule has 0 saturated carbocycles. The summed E-state index contributed by atoms with van der Waals surface area (Å²) >= 11 is 0. The Morgan fingerprint density at radius 3 is 2.41 bits per heavy atom. The van der Waals surface area contributed by atoms with E-state index in [0.717, 1.165) is 18.2 Å². The van der Waals surface area contributed by atoms with Crippen LogP contribution in [0.2, 0.25) is 0 Å². The third kappa shape index (κ3) is 3.62. The first-order valence-electron chi connectivity index (χ1n) is 6.41. The molecule has 0 aliphatic carbocycles. The number of halogens is 1. The lowest BCUT2D eigenvalue weighted by molar-refractivity contribution is 0.136. The Hall–Kier alpha value is -1.52. The summed E-state index contributed by atoms with van der Waals surface area (Å²) in [6.07, 6.45) is -0.321. The molecule has 0 unspecified atom stereocenters. The molecular formula is C12H15FN2O5S2. The average Bonchev–Trinajstić information content (AvgIpc) is 2.45. The van der Waals surface area contributed by atoms with Gasteiger partial charge in [-0.2, -0.15) is 0 Å². The predicted molar refractivity (Wildman–Crippen MR) is 76.8 cm³/mol. The third-order valence-corrected chi connectivity index (χ3v) is 6.22. The lowest BCUT2D eigenvalue weighted by atomic mass is 10.1. The highest BCUT2D eigenvalue weighted by molar-refractivity contribution is 7.89. The van der Waals surface area contributed by atoms with Crippen molar-refractivity contribution in [1.29, 1.82) is 0 Å². The zero-order chi connectivity index (χ0) is 16.5. The fourth-order valence-electron chi connectivity index (χ4n) is 2.26. The number of benzene rings is 1. The molecular weight excluding hydrogens is 335 g/mol. The first-order valence-corrected chi connectivity index (χ1v) is 9.17. The molecule has 1 heterocycles. The van der Waals surface area contributed by atoms with Crippen LogP contribution in [0.5, 0.6) is 0 Å². The van der Waals surface area contributed by atoms with Crippen LogP contribution in [0.3, 0.4) is 0 Å². The van der Waals surface area contributed by atoms with Crippen LogP contribution in [0, 0.1) is 5.82 Å². The first kappa shape index (κ1) is 16.8. The van der Waals surface area contributed by atoms with Crippen molar-refractivity contribution < 1.29 is 26.9 Å². The molecule has 122 valence electrons. The second-order valence-corrected chi connectivity index (χ2v) is 8.17. The topological polar surface area (TPSA) is 118 Å². The van der Waals surface area contributed by atoms with E-state index in [1.165, 1.54) is 4.90 Å². The molecule has 1 amide bonds. The third-order valence-electron chi connectivity index (χ3n) is 3.46. The molecule has 1 fully saturated rings. The standard InChI is InChI=1S/C12H15FN2O5S2/c13-10-7-9(22(14,19)20)1-2-11(10)21(18)8-3-5-15(6-4-8)12(16)17/h1-2,7-8H,3-6H2,(H,16,17)(H2,14,19,20)/t21-/m0/s1. The quantitative estimate of drug-likeness (QED) is 0.833. The number of hydrogen-bond acceptors (Lipinski definition) is 4. The summed E-state index contributed by atoms with van der Waals surface area (Å²) in [4.78, 5) is 11.5. The van der Waals surface area contributed by atoms with E-state index in [-0.39, 0.29) is 28.1 Å². The van der Waals surface area contributed by atoms with Crippen LogP contribution in [0.4, 0.5) is 9.18 Å². The fourth-order valence-corrected chi connectivity index (χ4v) is 4.24. The van der Waals surface area contributed by atoms with E-state index in [0.29, 0.717) is 12.8 Å². The Labute approximate surface area is 129 Å². The molecule has 3 N–H and O–H groups in total. The molecule has 0 aromatic heterocycles. The molecule has 10 heteroatoms. The number of amides is 1. The molecule has 22 heavy (non-hydrogen) atoms. The maximum absolute atomic E-state index is 14.0. The predicted octanol–water partition coefficient (Wildman–Crippen LogP) is 0.723. The van der Waals surface area contributed by atoms with Crippen molar-refractivity contribution in [2.45, 2.75) is 27.9 Å². The summed E-state index contributed by atoms with van der Waals surface area (Å²) in [5, 5.41) is 13.4. The molecule has 1 atom stereocenters. The van der Waals surface area contributed by atoms with E-state index in [2.05, 4.69) is 0 Å². The minimum atomic E-state index is -4.02. The Morgan fingerprint density at radius 1 is 1.36 bits per heavy atom. The number of nitrogens with zero attached hydrogens (tertiary/aromatic N) is 1. The van der Waals surface area contributed by atoms with Crippen molar-refractivity contribution in [2.75, 3.05) is 13.1 Å². The van der Waals surface area contributed by atoms with Gasteiger partial charge in [-0.3, -0.25) is 4.21 Å². The van der Waals surface area contributed by atoms with Crippen molar-refractivity contribution in [3.05, 3.63) is 24.0 Å². The average molecular weight is 350 g/mol. The largest absolute Gasteiger partial charge is 0.465 e. The highest BCUT2D eigenvalue weighted by atomic mass is 32.2. The van der Waals surface area contributed by atoms with Crippen LogP contribution in [-0.4, -0.2) is 47.1 Å². The summed E-state index contributed by atoms with van der Waals surface area (Å²) in [6, 6.07) is 3.00. The number of rotatable bonds is 3. The van der Waals surface area contributed by atoms with Gasteiger partial charge >= 0.3 is 6.09 Å². The minimum Gasteiger partial charge on any atom is -0.465 e. The van der Waals surface area contributed by atoms with Gasteiger partial charge in [0.2, 0.25) is 10.0 Å². The van der Waals surface area contributed by atoms with Crippen molar-refractivity contribution in [3.8, 4) is 0 Å². The number of hydrogen-bond donors (Lipinski definition) is 2. The second kappa shape index (κ2) is 6.31. The molecule has 0 bridgehead atoms. The Kier molecular flexibility index (Phi) is 4.83. The van der Waals surface area contributed by atoms with Crippen molar-refractivity contribution in [2.24, 2.45) is 5.14 Å². The number of carboxylic acid groups (broad SMARTS) is 1. The molecule has 0 spiro atoms. The van der Waals surface area contributed by atoms with Crippen LogP contribution in [0.25, 0.3) is 0 Å². The Balaban J connectivity index is 2.16. The Bertz CT molecular complexity index is 714. The highest BCUT2D eigenvalue weighted by Gasteiger charge is 2.28. The summed E-state index contributed by atoms with van der Waals surface area (Å²) in [7, 11) is -5.70. The maximum atomic E-state index is 14.0. The molecule has 1 aliphatic rings. The van der Waals surface area contributed by atoms with E-state index < -0.39 is 32.7 Å². The van der Waals surface area contributed by atoms with Crippen LogP contribution >= 0.6 is 0 Å². The van der Waals surface area contributed by atoms with Gasteiger partial charge in [0.05, 0.1) is 20.6 Å². The SMILES string of the molecule is NS(=O)(=O)c1ccc([S@@](=O)C2CCN(C(=O)O)CC2)c(F)c1. The summed E-state index contributed by atoms with van der Waals surface area (Å²) in [5.74, 6) is -0.898. The molecule has 1 aromatic rings. The van der Waals surface area contributed by atoms with Crippen molar-refractivity contribution >= 4 is 26.9 Å². The number of carbonyl (C=O) groups is 1. The Morgan fingerprint density at radius 2 is 1.95 bits per heavy atom. The number of nitrogens with two attached hydrogens (primary N) is 1. The van der Waals surface area contributed by atoms with Gasteiger partial charge in [-0.1, -0.05) is 0 Å². The molecule has 1 saturated heterocycles. The first-order chi connectivity index (χ1) is 10.2. The highest BCUT2D eigenvalue weighted by Crippen LogP contribution is 2.24. The monoisotopic (exact) mass is 350 g/mol. The van der Waals surface area contributed by atoms with Gasteiger partial charge < -0.3 is 10.0 Å². The number of sulfonamides is 1. The van der Waals surface area contributed by atoms with Gasteiger partial charge in [-0.05, 0) is 31.0 Å². The second-order valence-electron chi connectivity index (χ2n) is 4.90. The van der Waals surface area contributed by atoms with Gasteiger partial charge in [0.25, 0.3) is 0 Å². The van der Waals surface area contributed by atoms with Crippen molar-refractivity contribution in [1.82, 2.24) is 4.90 Å². The lowest BCUT2D eigenvalue weighted by Gasteiger charge is -2.29. The summed E-state index contributed by atoms with van der Waals surface area (Å²) < 4.78 is 48.6. The van der Waals surface area contributed by atoms with E-state index in [1.807, 2.05) is 0 Å². The van der Waals surface area contributed by atoms with Gasteiger partial charge in [0, 0.05) is 18.3 Å². The van der Waals surface area contributed by atoms with Gasteiger partial charge in [0.15, 0.2) is 0 Å². The number of likely N-dealkylation sites (tertiary alicyclic amines) is 1. The van der Waals surface area contributed by atoms with E-state index >= 15 is 0 Å². The normalized spacial score (nSPS) is 18.2. The molecule has 7 nitrogen and oxygen atoms in total. The summed E-state index contributed by atoms with van der Waals surface area (Å²) in [5.41, 5.74) is 0. The van der Waals surface area contributed by atoms with Gasteiger partial charge in [-0.15, -0.1) is 0 Å². The zero-order valence-electron chi connectivity index (χ0n) is 11.4. The van der Waals surface area contributed by atoms with Crippen LogP contribution in [-0.2, 0) is 20.8 Å². The molecule has 0 radical (unpaired) electrons. The van der Waals surface area contributed by atoms with E-state index in [4.69, 9.17) is 10.2 Å². The summed E-state index contributed by atoms with van der Waals surface area (Å²) in [6.45, 7) is 0.477. The van der Waals surface area contributed by atoms with Crippen molar-refractivity contribution in [3.63, 3.8) is 0 Å². The molecule has 1 aliphatic heterocycles. The molecule has 1 aromatic carbocycles. The van der Waals surface area contributed by atoms with E-state index in [1.54, 1.807) is 0 Å². The number of primary sulfonamides is 1. The molecule has 2 rings (SSSR count). The smallest absolute Gasteiger partial charge is 0.407 e. The zero-order valence-corrected chi connectivity index (χ0v) is 13.1. The van der Waals surface area contributed by atoms with Gasteiger partial charge in [0.1, 0.15) is 5.82 Å². The lowest BCUT2D eigenvalue weighted by Crippen LogP contribution is -2.40. The number of piperidine rings is 1. The van der Waals surface area contributed by atoms with Crippen LogP contribution in [0.15, 0.2) is 28.0 Å². The van der Waals surface area contributed by atoms with Crippen LogP contribution in [0.1, 0.15) is 12.8 Å². The van der Waals surface area contributed by atoms with Crippen LogP contribution < -0.4 is 5.14 Å². The maximum Gasteiger partial charge on any atom is 0.407 e. The fraction of sp³-hybridized carbons (Fsp3) is 0.417. The van der Waals surface area contributed by atoms with E-state index in [9.17, 15) is 21.8 Å².